The predicted molar refractivity (Wildman–Crippen MR) is 122 cm³/mol. The van der Waals surface area contributed by atoms with E-state index in [1.54, 1.807) is 5.48 Å². The maximum atomic E-state index is 11.4. The summed E-state index contributed by atoms with van der Waals surface area (Å²) in [5.41, 5.74) is 4.56. The summed E-state index contributed by atoms with van der Waals surface area (Å²) >= 11 is 0. The van der Waals surface area contributed by atoms with Gasteiger partial charge in [-0.15, -0.1) is 0 Å². The van der Waals surface area contributed by atoms with Gasteiger partial charge in [-0.3, -0.25) is 10.0 Å². The molecule has 1 saturated heterocycles. The maximum absolute atomic E-state index is 11.4. The van der Waals surface area contributed by atoms with Crippen molar-refractivity contribution in [3.63, 3.8) is 0 Å². The Bertz CT molecular complexity index is 993. The van der Waals surface area contributed by atoms with Crippen molar-refractivity contribution < 1.29 is 10.0 Å². The molecule has 2 unspecified atom stereocenters. The molecule has 1 aliphatic heterocycles. The summed E-state index contributed by atoms with van der Waals surface area (Å²) in [6.07, 6.45) is 3.95. The molecule has 1 aliphatic carbocycles. The number of rotatable bonds is 8. The van der Waals surface area contributed by atoms with Crippen LogP contribution in [-0.4, -0.2) is 46.8 Å². The zero-order valence-corrected chi connectivity index (χ0v) is 17.8. The summed E-state index contributed by atoms with van der Waals surface area (Å²) < 4.78 is 0. The van der Waals surface area contributed by atoms with E-state index in [1.807, 2.05) is 0 Å². The van der Waals surface area contributed by atoms with E-state index in [9.17, 15) is 4.79 Å². The van der Waals surface area contributed by atoms with Crippen LogP contribution in [0.5, 0.6) is 0 Å². The molecule has 5 rings (SSSR count). The summed E-state index contributed by atoms with van der Waals surface area (Å²) in [6, 6.07) is 22.0. The van der Waals surface area contributed by atoms with Gasteiger partial charge in [-0.2, -0.15) is 0 Å². The van der Waals surface area contributed by atoms with E-state index in [4.69, 9.17) is 5.21 Å². The Morgan fingerprint density at radius 2 is 1.53 bits per heavy atom. The molecule has 1 saturated carbocycles. The normalized spacial score (nSPS) is 21.4. The smallest absolute Gasteiger partial charge is 0.277 e. The van der Waals surface area contributed by atoms with Crippen molar-refractivity contribution in [1.82, 2.24) is 20.8 Å². The van der Waals surface area contributed by atoms with Crippen molar-refractivity contribution in [3.8, 4) is 0 Å². The van der Waals surface area contributed by atoms with Crippen LogP contribution >= 0.6 is 0 Å². The number of piperidine rings is 1. The van der Waals surface area contributed by atoms with Crippen LogP contribution in [0.25, 0.3) is 0 Å². The molecule has 2 heterocycles. The van der Waals surface area contributed by atoms with E-state index >= 15 is 0 Å². The lowest BCUT2D eigenvalue weighted by Gasteiger charge is -2.21. The van der Waals surface area contributed by atoms with Crippen LogP contribution in [0.1, 0.15) is 33.8 Å². The molecule has 3 aromatic rings. The number of hydrogen-bond donors (Lipinski definition) is 3. The van der Waals surface area contributed by atoms with Crippen molar-refractivity contribution in [2.45, 2.75) is 18.4 Å². The van der Waals surface area contributed by atoms with Gasteiger partial charge in [0.05, 0.1) is 5.56 Å². The van der Waals surface area contributed by atoms with Gasteiger partial charge < -0.3 is 10.2 Å². The molecule has 1 aromatic heterocycles. The average Bonchev–Trinajstić information content (AvgIpc) is 3.30. The van der Waals surface area contributed by atoms with Crippen LogP contribution in [0.15, 0.2) is 73.1 Å². The van der Waals surface area contributed by atoms with Gasteiger partial charge >= 0.3 is 0 Å². The highest BCUT2D eigenvalue weighted by atomic mass is 16.5. The molecule has 32 heavy (non-hydrogen) atoms. The van der Waals surface area contributed by atoms with Gasteiger partial charge in [-0.1, -0.05) is 60.7 Å². The molecule has 0 bridgehead atoms. The van der Waals surface area contributed by atoms with E-state index in [2.05, 4.69) is 80.8 Å². The number of nitrogens with one attached hydrogen (secondary N) is 2. The van der Waals surface area contributed by atoms with Crippen LogP contribution in [0.2, 0.25) is 0 Å². The Balaban J connectivity index is 1.14. The minimum absolute atomic E-state index is 0.242. The largest absolute Gasteiger partial charge is 0.340 e. The van der Waals surface area contributed by atoms with E-state index in [0.717, 1.165) is 26.1 Å². The Hall–Kier alpha value is -3.29. The summed E-state index contributed by atoms with van der Waals surface area (Å²) in [5.74, 6) is 1.66. The third kappa shape index (κ3) is 4.22. The second-order valence-electron chi connectivity index (χ2n) is 8.59. The lowest BCUT2D eigenvalue weighted by Crippen LogP contribution is -2.33. The number of benzene rings is 2. The fourth-order valence-electron chi connectivity index (χ4n) is 4.95. The standard InChI is InChI=1S/C25H27N5O2/c31-24(29-32)19-13-27-25(28-14-19)30-15-21-22(16-30)23(21)26-12-11-20(17-7-3-1-4-8-17)18-9-5-2-6-10-18/h1-10,13-14,20-23,26,32H,11-12,15-16H2,(H,29,31). The number of hydroxylamine groups is 1. The minimum Gasteiger partial charge on any atom is -0.340 e. The lowest BCUT2D eigenvalue weighted by atomic mass is 9.88. The molecule has 2 aliphatic rings. The number of nitrogens with zero attached hydrogens (tertiary/aromatic N) is 3. The Morgan fingerprint density at radius 3 is 2.06 bits per heavy atom. The predicted octanol–water partition coefficient (Wildman–Crippen LogP) is 2.84. The topological polar surface area (TPSA) is 90.4 Å². The first-order valence-electron chi connectivity index (χ1n) is 11.1. The Kier molecular flexibility index (Phi) is 5.83. The molecule has 7 heteroatoms. The maximum Gasteiger partial charge on any atom is 0.277 e. The summed E-state index contributed by atoms with van der Waals surface area (Å²) in [4.78, 5) is 22.2. The number of fused-ring (bicyclic) bond motifs is 1. The zero-order valence-electron chi connectivity index (χ0n) is 17.8. The molecular formula is C25H27N5O2. The first-order chi connectivity index (χ1) is 15.7. The van der Waals surface area contributed by atoms with Crippen molar-refractivity contribution >= 4 is 11.9 Å². The molecule has 164 valence electrons. The van der Waals surface area contributed by atoms with E-state index < -0.39 is 5.91 Å². The van der Waals surface area contributed by atoms with Gasteiger partial charge in [0.15, 0.2) is 0 Å². The summed E-state index contributed by atoms with van der Waals surface area (Å²) in [5, 5.41) is 12.5. The number of carbonyl (C=O) groups excluding carboxylic acids is 1. The Morgan fingerprint density at radius 1 is 0.969 bits per heavy atom. The fraction of sp³-hybridized carbons (Fsp3) is 0.320. The third-order valence-corrected chi connectivity index (χ3v) is 6.70. The number of hydrogen-bond acceptors (Lipinski definition) is 6. The van der Waals surface area contributed by atoms with Gasteiger partial charge in [0.1, 0.15) is 0 Å². The molecular weight excluding hydrogens is 402 g/mol. The number of carbonyl (C=O) groups is 1. The molecule has 0 radical (unpaired) electrons. The number of aromatic nitrogens is 2. The van der Waals surface area contributed by atoms with Crippen molar-refractivity contribution in [2.75, 3.05) is 24.5 Å². The first-order valence-corrected chi connectivity index (χ1v) is 11.1. The second-order valence-corrected chi connectivity index (χ2v) is 8.59. The van der Waals surface area contributed by atoms with Gasteiger partial charge in [-0.25, -0.2) is 15.4 Å². The fourth-order valence-corrected chi connectivity index (χ4v) is 4.95. The van der Waals surface area contributed by atoms with Gasteiger partial charge in [-0.05, 0) is 35.9 Å². The van der Waals surface area contributed by atoms with Crippen LogP contribution in [-0.2, 0) is 0 Å². The van der Waals surface area contributed by atoms with Gasteiger partial charge in [0, 0.05) is 37.4 Å². The molecule has 1 amide bonds. The highest BCUT2D eigenvalue weighted by Crippen LogP contribution is 2.46. The van der Waals surface area contributed by atoms with Crippen LogP contribution in [0.4, 0.5) is 5.95 Å². The monoisotopic (exact) mass is 429 g/mol. The summed E-state index contributed by atoms with van der Waals surface area (Å²) in [7, 11) is 0. The minimum atomic E-state index is -0.602. The van der Waals surface area contributed by atoms with Gasteiger partial charge in [0.2, 0.25) is 5.95 Å². The zero-order chi connectivity index (χ0) is 21.9. The lowest BCUT2D eigenvalue weighted by molar-refractivity contribution is 0.0705. The number of amides is 1. The summed E-state index contributed by atoms with van der Waals surface area (Å²) in [6.45, 7) is 2.83. The quantitative estimate of drug-likeness (QED) is 0.377. The first kappa shape index (κ1) is 20.6. The number of anilines is 1. The average molecular weight is 430 g/mol. The molecule has 2 aromatic carbocycles. The molecule has 0 spiro atoms. The van der Waals surface area contributed by atoms with Crippen molar-refractivity contribution in [2.24, 2.45) is 11.8 Å². The van der Waals surface area contributed by atoms with E-state index in [1.165, 1.54) is 23.5 Å². The van der Waals surface area contributed by atoms with Crippen LogP contribution < -0.4 is 15.7 Å². The van der Waals surface area contributed by atoms with E-state index in [0.29, 0.717) is 29.7 Å². The van der Waals surface area contributed by atoms with Gasteiger partial charge in [0.25, 0.3) is 5.91 Å². The third-order valence-electron chi connectivity index (χ3n) is 6.70. The molecule has 2 fully saturated rings. The molecule has 2 atom stereocenters. The molecule has 3 N–H and O–H groups in total. The van der Waals surface area contributed by atoms with Crippen LogP contribution in [0, 0.1) is 11.8 Å². The Labute approximate surface area is 187 Å². The second kappa shape index (κ2) is 9.06. The van der Waals surface area contributed by atoms with Crippen molar-refractivity contribution in [3.05, 3.63) is 89.7 Å². The van der Waals surface area contributed by atoms with Crippen LogP contribution in [0.3, 0.4) is 0 Å². The highest BCUT2D eigenvalue weighted by molar-refractivity contribution is 5.92. The molecule has 7 nitrogen and oxygen atoms in total. The van der Waals surface area contributed by atoms with E-state index in [-0.39, 0.29) is 5.56 Å². The van der Waals surface area contributed by atoms with Crippen molar-refractivity contribution in [1.29, 1.82) is 0 Å². The highest BCUT2D eigenvalue weighted by Gasteiger charge is 2.55. The SMILES string of the molecule is O=C(NO)c1cnc(N2CC3C(C2)C3NCCC(c2ccccc2)c2ccccc2)nc1.